The average Bonchev–Trinajstić information content (AvgIpc) is 2.46. The van der Waals surface area contributed by atoms with E-state index in [4.69, 9.17) is 9.84 Å². The number of aliphatic carboxylic acids is 1. The molecular formula is C16H25NO3. The molecular weight excluding hydrogens is 254 g/mol. The zero-order chi connectivity index (χ0) is 15.0. The molecule has 1 atom stereocenters. The van der Waals surface area contributed by atoms with Gasteiger partial charge in [-0.25, -0.2) is 0 Å². The van der Waals surface area contributed by atoms with Crippen molar-refractivity contribution in [2.75, 3.05) is 25.1 Å². The first-order valence-electron chi connectivity index (χ1n) is 7.20. The second-order valence-corrected chi connectivity index (χ2v) is 5.06. The minimum Gasteiger partial charge on any atom is -0.495 e. The summed E-state index contributed by atoms with van der Waals surface area (Å²) in [7, 11) is 1.64. The molecule has 4 heteroatoms. The summed E-state index contributed by atoms with van der Waals surface area (Å²) >= 11 is 0. The monoisotopic (exact) mass is 279 g/mol. The second-order valence-electron chi connectivity index (χ2n) is 5.06. The number of rotatable bonds is 9. The molecule has 0 spiro atoms. The first-order chi connectivity index (χ1) is 9.60. The van der Waals surface area contributed by atoms with Crippen LogP contribution in [0.5, 0.6) is 5.75 Å². The van der Waals surface area contributed by atoms with Gasteiger partial charge in [-0.15, -0.1) is 0 Å². The Bertz CT molecular complexity index is 420. The van der Waals surface area contributed by atoms with Crippen molar-refractivity contribution in [1.29, 1.82) is 0 Å². The predicted molar refractivity (Wildman–Crippen MR) is 81.5 cm³/mol. The Morgan fingerprint density at radius 2 is 2.05 bits per heavy atom. The number of ether oxygens (including phenoxy) is 1. The van der Waals surface area contributed by atoms with E-state index >= 15 is 0 Å². The number of carbonyl (C=O) groups is 1. The van der Waals surface area contributed by atoms with Crippen LogP contribution in [0.15, 0.2) is 24.3 Å². The van der Waals surface area contributed by atoms with Gasteiger partial charge in [0.05, 0.1) is 18.7 Å². The zero-order valence-corrected chi connectivity index (χ0v) is 12.6. The van der Waals surface area contributed by atoms with E-state index in [1.54, 1.807) is 14.0 Å². The number of carboxylic acid groups (broad SMARTS) is 1. The summed E-state index contributed by atoms with van der Waals surface area (Å²) < 4.78 is 5.39. The fourth-order valence-electron chi connectivity index (χ4n) is 2.16. The molecule has 0 aliphatic heterocycles. The van der Waals surface area contributed by atoms with Gasteiger partial charge >= 0.3 is 5.97 Å². The molecule has 0 aromatic heterocycles. The number of anilines is 1. The number of nitrogens with zero attached hydrogens (tertiary/aromatic N) is 1. The van der Waals surface area contributed by atoms with Gasteiger partial charge in [-0.1, -0.05) is 38.8 Å². The maximum Gasteiger partial charge on any atom is 0.308 e. The molecule has 1 unspecified atom stereocenters. The van der Waals surface area contributed by atoms with E-state index in [2.05, 4.69) is 11.8 Å². The van der Waals surface area contributed by atoms with E-state index in [0.717, 1.165) is 37.2 Å². The van der Waals surface area contributed by atoms with Gasteiger partial charge in [-0.3, -0.25) is 4.79 Å². The molecule has 4 nitrogen and oxygen atoms in total. The molecule has 0 fully saturated rings. The first-order valence-corrected chi connectivity index (χ1v) is 7.20. The molecule has 20 heavy (non-hydrogen) atoms. The van der Waals surface area contributed by atoms with Crippen molar-refractivity contribution >= 4 is 11.7 Å². The van der Waals surface area contributed by atoms with E-state index in [9.17, 15) is 4.79 Å². The van der Waals surface area contributed by atoms with Crippen LogP contribution in [0.2, 0.25) is 0 Å². The van der Waals surface area contributed by atoms with E-state index < -0.39 is 11.9 Å². The maximum absolute atomic E-state index is 11.1. The minimum atomic E-state index is -0.764. The third kappa shape index (κ3) is 4.76. The summed E-state index contributed by atoms with van der Waals surface area (Å²) in [6, 6.07) is 7.77. The number of carboxylic acids is 1. The number of benzene rings is 1. The summed E-state index contributed by atoms with van der Waals surface area (Å²) in [5.41, 5.74) is 0.971. The van der Waals surface area contributed by atoms with Crippen LogP contribution >= 0.6 is 0 Å². The van der Waals surface area contributed by atoms with Crippen molar-refractivity contribution < 1.29 is 14.6 Å². The molecule has 1 aromatic rings. The molecule has 112 valence electrons. The molecule has 0 saturated carbocycles. The van der Waals surface area contributed by atoms with Crippen LogP contribution in [0.25, 0.3) is 0 Å². The average molecular weight is 279 g/mol. The smallest absolute Gasteiger partial charge is 0.308 e. The summed E-state index contributed by atoms with van der Waals surface area (Å²) in [5, 5.41) is 9.12. The molecule has 0 saturated heterocycles. The van der Waals surface area contributed by atoms with Crippen molar-refractivity contribution in [3.05, 3.63) is 24.3 Å². The van der Waals surface area contributed by atoms with Gasteiger partial charge in [0.15, 0.2) is 0 Å². The highest BCUT2D eigenvalue weighted by Crippen LogP contribution is 2.28. The van der Waals surface area contributed by atoms with Gasteiger partial charge in [-0.05, 0) is 18.6 Å². The normalized spacial score (nSPS) is 11.9. The number of unbranched alkanes of at least 4 members (excludes halogenated alkanes) is 2. The van der Waals surface area contributed by atoms with Gasteiger partial charge in [-0.2, -0.15) is 0 Å². The van der Waals surface area contributed by atoms with Crippen molar-refractivity contribution in [2.24, 2.45) is 5.92 Å². The largest absolute Gasteiger partial charge is 0.495 e. The van der Waals surface area contributed by atoms with Crippen molar-refractivity contribution in [2.45, 2.75) is 33.1 Å². The summed E-state index contributed by atoms with van der Waals surface area (Å²) in [5.74, 6) is -0.372. The van der Waals surface area contributed by atoms with E-state index in [1.807, 2.05) is 24.3 Å². The summed E-state index contributed by atoms with van der Waals surface area (Å²) in [6.07, 6.45) is 3.35. The Kier molecular flexibility index (Phi) is 6.91. The third-order valence-electron chi connectivity index (χ3n) is 3.37. The highest BCUT2D eigenvalue weighted by Gasteiger charge is 2.18. The molecule has 1 N–H and O–H groups in total. The number of para-hydroxylation sites is 2. The van der Waals surface area contributed by atoms with Crippen LogP contribution in [-0.4, -0.2) is 31.3 Å². The minimum absolute atomic E-state index is 0.401. The Morgan fingerprint density at radius 3 is 2.65 bits per heavy atom. The molecule has 0 aliphatic rings. The summed E-state index contributed by atoms with van der Waals surface area (Å²) in [4.78, 5) is 13.2. The zero-order valence-electron chi connectivity index (χ0n) is 12.6. The van der Waals surface area contributed by atoms with Crippen LogP contribution in [-0.2, 0) is 4.79 Å². The standard InChI is InChI=1S/C16H25NO3/c1-4-5-8-11-17(12-13(2)16(18)19)14-9-6-7-10-15(14)20-3/h6-7,9-10,13H,4-5,8,11-12H2,1-3H3,(H,18,19). The second kappa shape index (κ2) is 8.46. The molecule has 0 amide bonds. The molecule has 0 aliphatic carbocycles. The Morgan fingerprint density at radius 1 is 1.35 bits per heavy atom. The Hall–Kier alpha value is -1.71. The van der Waals surface area contributed by atoms with E-state index in [0.29, 0.717) is 6.54 Å². The molecule has 0 heterocycles. The fraction of sp³-hybridized carbons (Fsp3) is 0.562. The van der Waals surface area contributed by atoms with Crippen molar-refractivity contribution in [3.8, 4) is 5.75 Å². The van der Waals surface area contributed by atoms with Crippen molar-refractivity contribution in [1.82, 2.24) is 0 Å². The lowest BCUT2D eigenvalue weighted by Crippen LogP contribution is -2.33. The van der Waals surface area contributed by atoms with E-state index in [-0.39, 0.29) is 0 Å². The SMILES string of the molecule is CCCCCN(CC(C)C(=O)O)c1ccccc1OC. The number of hydrogen-bond acceptors (Lipinski definition) is 3. The van der Waals surface area contributed by atoms with Gasteiger partial charge in [0.1, 0.15) is 5.75 Å². The van der Waals surface area contributed by atoms with Crippen LogP contribution in [0.3, 0.4) is 0 Å². The summed E-state index contributed by atoms with van der Waals surface area (Å²) in [6.45, 7) is 5.25. The van der Waals surface area contributed by atoms with Crippen molar-refractivity contribution in [3.63, 3.8) is 0 Å². The van der Waals surface area contributed by atoms with Gasteiger partial charge in [0.2, 0.25) is 0 Å². The molecule has 1 rings (SSSR count). The van der Waals surface area contributed by atoms with Crippen LogP contribution in [0.1, 0.15) is 33.1 Å². The highest BCUT2D eigenvalue weighted by molar-refractivity contribution is 5.71. The lowest BCUT2D eigenvalue weighted by atomic mass is 10.1. The number of hydrogen-bond donors (Lipinski definition) is 1. The molecule has 0 bridgehead atoms. The van der Waals surface area contributed by atoms with Gasteiger partial charge in [0, 0.05) is 13.1 Å². The molecule has 0 radical (unpaired) electrons. The van der Waals surface area contributed by atoms with E-state index in [1.165, 1.54) is 0 Å². The fourth-order valence-corrected chi connectivity index (χ4v) is 2.16. The molecule has 1 aromatic carbocycles. The Balaban J connectivity index is 2.87. The lowest BCUT2D eigenvalue weighted by molar-refractivity contribution is -0.140. The third-order valence-corrected chi connectivity index (χ3v) is 3.37. The van der Waals surface area contributed by atoms with Gasteiger partial charge in [0.25, 0.3) is 0 Å². The predicted octanol–water partition coefficient (Wildman–Crippen LogP) is 3.41. The van der Waals surface area contributed by atoms with Gasteiger partial charge < -0.3 is 14.7 Å². The topological polar surface area (TPSA) is 49.8 Å². The van der Waals surface area contributed by atoms with Crippen LogP contribution < -0.4 is 9.64 Å². The number of methoxy groups -OCH3 is 1. The quantitative estimate of drug-likeness (QED) is 0.704. The Labute approximate surface area is 121 Å². The highest BCUT2D eigenvalue weighted by atomic mass is 16.5. The lowest BCUT2D eigenvalue weighted by Gasteiger charge is -2.28. The maximum atomic E-state index is 11.1. The van der Waals surface area contributed by atoms with Crippen LogP contribution in [0.4, 0.5) is 5.69 Å². The first kappa shape index (κ1) is 16.3. The van der Waals surface area contributed by atoms with Crippen LogP contribution in [0, 0.1) is 5.92 Å².